The van der Waals surface area contributed by atoms with Gasteiger partial charge in [0.1, 0.15) is 0 Å². The second-order valence-electron chi connectivity index (χ2n) is 15.4. The molecule has 0 N–H and O–H groups in total. The van der Waals surface area contributed by atoms with Gasteiger partial charge in [-0.2, -0.15) is 0 Å². The summed E-state index contributed by atoms with van der Waals surface area (Å²) in [5.41, 5.74) is 0. The van der Waals surface area contributed by atoms with E-state index in [0.29, 0.717) is 19.3 Å². The van der Waals surface area contributed by atoms with Gasteiger partial charge in [0.15, 0.2) is 0 Å². The molecule has 348 valence electrons. The average molecular weight is 950 g/mol. The van der Waals surface area contributed by atoms with Crippen LogP contribution in [-0.4, -0.2) is 78.5 Å². The largest absolute Gasteiger partial charge is 3.00 e. The Balaban J connectivity index is -0.000000374. The van der Waals surface area contributed by atoms with Crippen molar-refractivity contribution in [1.82, 2.24) is 0 Å². The molecule has 0 bridgehead atoms. The molecule has 0 aromatic carbocycles. The number of unbranched alkanes of at least 4 members (excludes halogenated alkanes) is 33. The van der Waals surface area contributed by atoms with Gasteiger partial charge in [0.2, 0.25) is 31.2 Å². The van der Waals surface area contributed by atoms with Crippen LogP contribution in [0, 0.1) is 0 Å². The maximum Gasteiger partial charge on any atom is 3.00 e. The number of hydrogen-bond donors (Lipinski definition) is 0. The van der Waals surface area contributed by atoms with Crippen molar-refractivity contribution in [3.8, 4) is 0 Å². The summed E-state index contributed by atoms with van der Waals surface area (Å²) in [5, 5.41) is 0. The van der Waals surface area contributed by atoms with E-state index in [0.717, 1.165) is 38.5 Å². The molecule has 0 unspecified atom stereocenters. The van der Waals surface area contributed by atoms with Crippen LogP contribution < -0.4 is 0 Å². The molecule has 58 heavy (non-hydrogen) atoms. The van der Waals surface area contributed by atoms with Crippen LogP contribution in [0.2, 0.25) is 0 Å². The van der Waals surface area contributed by atoms with Crippen molar-refractivity contribution >= 4 is 51.0 Å². The Labute approximate surface area is 372 Å². The Kier molecular flexibility index (Phi) is 55.8. The Morgan fingerprint density at radius 3 is 0.500 bits per heavy atom. The molecule has 0 atom stereocenters. The van der Waals surface area contributed by atoms with E-state index < -0.39 is 31.2 Å². The Morgan fingerprint density at radius 1 is 0.259 bits per heavy atom. The zero-order chi connectivity index (χ0) is 43.2. The fourth-order valence-corrected chi connectivity index (χ4v) is 7.28. The van der Waals surface area contributed by atoms with Gasteiger partial charge in [-0.1, -0.05) is 233 Å². The molecule has 0 fully saturated rings. The summed E-state index contributed by atoms with van der Waals surface area (Å²) < 4.78 is 104. The molecular weight excluding hydrogens is 862 g/mol. The zero-order valence-corrected chi connectivity index (χ0v) is 42.2. The maximum atomic E-state index is 10.2. The van der Waals surface area contributed by atoms with Gasteiger partial charge in [-0.25, -0.2) is 25.3 Å². The number of rotatable bonds is 42. The summed E-state index contributed by atoms with van der Waals surface area (Å²) >= 11 is 0. The zero-order valence-electron chi connectivity index (χ0n) is 37.3. The van der Waals surface area contributed by atoms with Crippen LogP contribution in [-0.2, 0) is 43.7 Å². The fourth-order valence-electron chi connectivity index (χ4n) is 6.31. The summed E-state index contributed by atoms with van der Waals surface area (Å²) in [4.78, 5) is 0. The van der Waals surface area contributed by atoms with E-state index in [-0.39, 0.29) is 39.6 Å². The minimum absolute atomic E-state index is 0. The molecule has 0 aromatic rings. The summed E-state index contributed by atoms with van der Waals surface area (Å²) in [6.07, 6.45) is 43.6. The van der Waals surface area contributed by atoms with Gasteiger partial charge < -0.3 is 13.7 Å². The smallest absolute Gasteiger partial charge is 0.726 e. The minimum Gasteiger partial charge on any atom is -0.726 e. The first-order valence-electron chi connectivity index (χ1n) is 23.0. The van der Waals surface area contributed by atoms with E-state index in [1.165, 1.54) is 173 Å². The predicted molar refractivity (Wildman–Crippen MR) is 236 cm³/mol. The first-order valence-corrected chi connectivity index (χ1v) is 27.0. The molecule has 0 radical (unpaired) electrons. The van der Waals surface area contributed by atoms with E-state index in [1.807, 2.05) is 0 Å². The van der Waals surface area contributed by atoms with Crippen LogP contribution in [0.25, 0.3) is 0 Å². The summed E-state index contributed by atoms with van der Waals surface area (Å²) in [7, 11) is -13.5. The van der Waals surface area contributed by atoms with Crippen LogP contribution >= 0.6 is 0 Å². The summed E-state index contributed by atoms with van der Waals surface area (Å²) in [5.74, 6) is 0. The van der Waals surface area contributed by atoms with Gasteiger partial charge in [0.05, 0.1) is 19.8 Å². The van der Waals surface area contributed by atoms with E-state index >= 15 is 0 Å². The first kappa shape index (κ1) is 64.9. The molecule has 0 spiro atoms. The summed E-state index contributed by atoms with van der Waals surface area (Å²) in [6.45, 7) is 6.79. The van der Waals surface area contributed by atoms with Crippen molar-refractivity contribution < 1.29 is 51.5 Å². The van der Waals surface area contributed by atoms with Crippen molar-refractivity contribution in [3.63, 3.8) is 0 Å². The van der Waals surface area contributed by atoms with E-state index in [9.17, 15) is 38.9 Å². The van der Waals surface area contributed by atoms with Crippen molar-refractivity contribution in [3.05, 3.63) is 0 Å². The van der Waals surface area contributed by atoms with Gasteiger partial charge in [-0.05, 0) is 19.3 Å². The van der Waals surface area contributed by atoms with Crippen LogP contribution in [0.5, 0.6) is 0 Å². The van der Waals surface area contributed by atoms with Gasteiger partial charge in [-0.15, -0.1) is 0 Å². The monoisotopic (exact) mass is 948 g/mol. The fraction of sp³-hybridized carbons (Fsp3) is 1.00. The molecule has 0 saturated carbocycles. The summed E-state index contributed by atoms with van der Waals surface area (Å²) in [6, 6.07) is 0. The first-order chi connectivity index (χ1) is 27.2. The number of hydrogen-bond acceptors (Lipinski definition) is 12. The van der Waals surface area contributed by atoms with Crippen LogP contribution in [0.15, 0.2) is 0 Å². The average Bonchev–Trinajstić information content (AvgIpc) is 3.13. The van der Waals surface area contributed by atoms with Crippen LogP contribution in [0.1, 0.15) is 252 Å². The normalized spacial score (nSPS) is 11.7. The second kappa shape index (κ2) is 49.9. The molecule has 0 aliphatic heterocycles. The van der Waals surface area contributed by atoms with Gasteiger partial charge >= 0.3 is 19.8 Å². The molecule has 0 amide bonds. The van der Waals surface area contributed by atoms with Crippen LogP contribution in [0.4, 0.5) is 0 Å². The maximum absolute atomic E-state index is 10.2. The van der Waals surface area contributed by atoms with Crippen molar-refractivity contribution in [2.45, 2.75) is 252 Å². The van der Waals surface area contributed by atoms with Gasteiger partial charge in [0.25, 0.3) is 0 Å². The van der Waals surface area contributed by atoms with Gasteiger partial charge in [0, 0.05) is 0 Å². The van der Waals surface area contributed by atoms with Crippen LogP contribution in [0.3, 0.4) is 0 Å². The molecule has 0 aliphatic rings. The Bertz CT molecular complexity index is 971. The predicted octanol–water partition coefficient (Wildman–Crippen LogP) is 12.1. The second-order valence-corrected chi connectivity index (χ2v) is 18.5. The molecular formula is C42H87GaO12S3. The third kappa shape index (κ3) is 73.8. The SMILES string of the molecule is CCCCCCCCCCCCCCOS(=O)(=O)[O-].CCCCCCCCCCCCCCOS(=O)(=O)[O-].CCCCCCCCCCCCCCOS(=O)(=O)[O-].[Ga+3]. The third-order valence-corrected chi connectivity index (χ3v) is 11.0. The molecule has 0 heterocycles. The van der Waals surface area contributed by atoms with E-state index in [4.69, 9.17) is 0 Å². The molecule has 0 rings (SSSR count). The standard InChI is InChI=1S/3C14H30O4S.Ga/c3*1-2-3-4-5-6-7-8-9-10-11-12-13-14-18-19(15,16)17;/h3*2-14H2,1H3,(H,15,16,17);/q;;;+3/p-3. The quantitative estimate of drug-likeness (QED) is 0.0243. The molecule has 0 aromatic heterocycles. The van der Waals surface area contributed by atoms with Crippen molar-refractivity contribution in [2.75, 3.05) is 19.8 Å². The van der Waals surface area contributed by atoms with Crippen molar-refractivity contribution in [2.24, 2.45) is 0 Å². The van der Waals surface area contributed by atoms with E-state index in [1.54, 1.807) is 0 Å². The Hall–Kier alpha value is 0.246. The molecule has 0 saturated heterocycles. The Morgan fingerprint density at radius 2 is 0.379 bits per heavy atom. The minimum atomic E-state index is -4.49. The molecule has 16 heteroatoms. The molecule has 0 aliphatic carbocycles. The van der Waals surface area contributed by atoms with Gasteiger partial charge in [-0.3, -0.25) is 12.5 Å². The molecule has 12 nitrogen and oxygen atoms in total. The van der Waals surface area contributed by atoms with E-state index in [2.05, 4.69) is 33.3 Å². The van der Waals surface area contributed by atoms with Crippen molar-refractivity contribution in [1.29, 1.82) is 0 Å². The topological polar surface area (TPSA) is 199 Å². The third-order valence-electron chi connectivity index (χ3n) is 9.68.